The molecule has 1 aliphatic rings. The number of likely N-dealkylation sites (tertiary alicyclic amines) is 1. The van der Waals surface area contributed by atoms with Gasteiger partial charge in [0, 0.05) is 41.1 Å². The second kappa shape index (κ2) is 8.37. The minimum absolute atomic E-state index is 0.669. The van der Waals surface area contributed by atoms with Gasteiger partial charge >= 0.3 is 0 Å². The molecule has 1 fully saturated rings. The van der Waals surface area contributed by atoms with Crippen molar-refractivity contribution in [2.24, 2.45) is 0 Å². The summed E-state index contributed by atoms with van der Waals surface area (Å²) in [4.78, 5) is 25.8. The van der Waals surface area contributed by atoms with E-state index in [1.807, 2.05) is 36.8 Å². The molecule has 1 saturated heterocycles. The molecule has 172 valence electrons. The number of aromatic nitrogens is 7. The summed E-state index contributed by atoms with van der Waals surface area (Å²) in [5.74, 6) is 0.669. The topological polar surface area (TPSA) is 99.3 Å². The molecule has 0 amide bonds. The molecule has 0 radical (unpaired) electrons. The number of thiophene rings is 1. The van der Waals surface area contributed by atoms with E-state index >= 15 is 0 Å². The molecule has 0 bridgehead atoms. The van der Waals surface area contributed by atoms with Gasteiger partial charge in [-0.25, -0.2) is 9.97 Å². The first-order valence-electron chi connectivity index (χ1n) is 11.7. The highest BCUT2D eigenvalue weighted by Gasteiger charge is 2.18. The summed E-state index contributed by atoms with van der Waals surface area (Å²) in [7, 11) is 0. The molecule has 2 N–H and O–H groups in total. The predicted molar refractivity (Wildman–Crippen MR) is 138 cm³/mol. The zero-order valence-electron chi connectivity index (χ0n) is 18.9. The number of H-pyrrole nitrogens is 2. The molecule has 0 spiro atoms. The molecule has 7 heterocycles. The van der Waals surface area contributed by atoms with Gasteiger partial charge in [-0.2, -0.15) is 5.10 Å². The van der Waals surface area contributed by atoms with E-state index in [4.69, 9.17) is 9.97 Å². The van der Waals surface area contributed by atoms with E-state index < -0.39 is 0 Å². The van der Waals surface area contributed by atoms with Gasteiger partial charge in [-0.1, -0.05) is 6.07 Å². The number of hydrogen-bond donors (Lipinski definition) is 2. The summed E-state index contributed by atoms with van der Waals surface area (Å²) in [6.45, 7) is 3.25. The number of hydrogen-bond acceptors (Lipinski definition) is 7. The van der Waals surface area contributed by atoms with E-state index in [0.717, 1.165) is 63.4 Å². The number of nitrogens with one attached hydrogen (secondary N) is 2. The summed E-state index contributed by atoms with van der Waals surface area (Å²) in [6, 6.07) is 10.3. The lowest BCUT2D eigenvalue weighted by atomic mass is 10.1. The van der Waals surface area contributed by atoms with Crippen molar-refractivity contribution in [2.45, 2.75) is 19.4 Å². The molecular formula is C26H22N8S. The van der Waals surface area contributed by atoms with Gasteiger partial charge in [0.15, 0.2) is 11.5 Å². The second-order valence-electron chi connectivity index (χ2n) is 8.88. The van der Waals surface area contributed by atoms with Crippen LogP contribution in [0.1, 0.15) is 18.4 Å². The minimum atomic E-state index is 0.669. The van der Waals surface area contributed by atoms with E-state index in [9.17, 15) is 0 Å². The lowest BCUT2D eigenvalue weighted by Gasteiger charge is -2.14. The molecule has 0 unspecified atom stereocenters. The van der Waals surface area contributed by atoms with Crippen molar-refractivity contribution < 1.29 is 0 Å². The molecule has 6 aromatic rings. The van der Waals surface area contributed by atoms with Crippen molar-refractivity contribution in [3.05, 3.63) is 66.1 Å². The molecular weight excluding hydrogens is 456 g/mol. The van der Waals surface area contributed by atoms with Crippen LogP contribution in [0.25, 0.3) is 55.3 Å². The largest absolute Gasteiger partial charge is 0.335 e. The summed E-state index contributed by atoms with van der Waals surface area (Å²) >= 11 is 1.67. The Morgan fingerprint density at radius 3 is 2.71 bits per heavy atom. The summed E-state index contributed by atoms with van der Waals surface area (Å²) < 4.78 is 0. The van der Waals surface area contributed by atoms with Crippen molar-refractivity contribution in [3.8, 4) is 33.2 Å². The van der Waals surface area contributed by atoms with Gasteiger partial charge in [-0.05, 0) is 61.1 Å². The Morgan fingerprint density at radius 2 is 1.83 bits per heavy atom. The monoisotopic (exact) mass is 478 g/mol. The highest BCUT2D eigenvalue weighted by atomic mass is 32.1. The standard InChI is InChI=1S/C26H22N8S/c1-2-8-34(7-1)15-16-10-17(12-27-11-16)19-5-6-20-24(29-19)25(33-32-20)26-30-21-14-28-13-18(23(21)31-26)22-4-3-9-35-22/h3-6,9-14H,1-2,7-8,15H2,(H,30,31)(H,32,33). The molecule has 0 atom stereocenters. The fraction of sp³-hybridized carbons (Fsp3) is 0.192. The Kier molecular flexibility index (Phi) is 4.88. The van der Waals surface area contributed by atoms with Crippen molar-refractivity contribution in [3.63, 3.8) is 0 Å². The maximum Gasteiger partial charge on any atom is 0.161 e. The van der Waals surface area contributed by atoms with Crippen LogP contribution in [0.4, 0.5) is 0 Å². The van der Waals surface area contributed by atoms with Gasteiger partial charge in [0.05, 0.1) is 22.9 Å². The Labute approximate surface area is 205 Å². The van der Waals surface area contributed by atoms with Crippen LogP contribution in [-0.4, -0.2) is 53.1 Å². The fourth-order valence-electron chi connectivity index (χ4n) is 4.80. The smallest absolute Gasteiger partial charge is 0.161 e. The molecule has 1 aliphatic heterocycles. The Bertz CT molecular complexity index is 1640. The second-order valence-corrected chi connectivity index (χ2v) is 9.82. The number of fused-ring (bicyclic) bond motifs is 2. The lowest BCUT2D eigenvalue weighted by Crippen LogP contribution is -2.18. The first-order chi connectivity index (χ1) is 17.3. The predicted octanol–water partition coefficient (Wildman–Crippen LogP) is 5.28. The van der Waals surface area contributed by atoms with Crippen LogP contribution >= 0.6 is 11.3 Å². The average Bonchev–Trinajstić information content (AvgIpc) is 3.70. The number of nitrogens with zero attached hydrogens (tertiary/aromatic N) is 6. The van der Waals surface area contributed by atoms with Crippen LogP contribution in [0.2, 0.25) is 0 Å². The number of rotatable bonds is 5. The number of imidazole rings is 1. The lowest BCUT2D eigenvalue weighted by molar-refractivity contribution is 0.331. The van der Waals surface area contributed by atoms with Crippen molar-refractivity contribution in [1.29, 1.82) is 0 Å². The van der Waals surface area contributed by atoms with Crippen LogP contribution in [0.5, 0.6) is 0 Å². The molecule has 0 saturated carbocycles. The Morgan fingerprint density at radius 1 is 0.914 bits per heavy atom. The van der Waals surface area contributed by atoms with Crippen LogP contribution in [0, 0.1) is 0 Å². The number of aromatic amines is 2. The van der Waals surface area contributed by atoms with E-state index in [1.54, 1.807) is 17.5 Å². The van der Waals surface area contributed by atoms with Crippen LogP contribution in [0.15, 0.2) is 60.5 Å². The van der Waals surface area contributed by atoms with Crippen LogP contribution in [0.3, 0.4) is 0 Å². The Balaban J connectivity index is 1.28. The van der Waals surface area contributed by atoms with Gasteiger partial charge in [-0.3, -0.25) is 20.0 Å². The highest BCUT2D eigenvalue weighted by molar-refractivity contribution is 7.13. The third kappa shape index (κ3) is 3.69. The van der Waals surface area contributed by atoms with Crippen molar-refractivity contribution in [1.82, 2.24) is 40.0 Å². The molecule has 0 aliphatic carbocycles. The third-order valence-electron chi connectivity index (χ3n) is 6.51. The van der Waals surface area contributed by atoms with E-state index in [2.05, 4.69) is 47.6 Å². The van der Waals surface area contributed by atoms with E-state index in [-0.39, 0.29) is 0 Å². The SMILES string of the molecule is c1csc(-c2cncc3[nH]c(-c4n[nH]c5ccc(-c6cncc(CN7CCCC7)c6)nc45)nc23)c1. The normalized spacial score (nSPS) is 14.4. The van der Waals surface area contributed by atoms with Gasteiger partial charge < -0.3 is 4.98 Å². The third-order valence-corrected chi connectivity index (χ3v) is 7.41. The molecule has 35 heavy (non-hydrogen) atoms. The average molecular weight is 479 g/mol. The number of pyridine rings is 3. The maximum absolute atomic E-state index is 4.98. The van der Waals surface area contributed by atoms with Gasteiger partial charge in [-0.15, -0.1) is 11.3 Å². The highest BCUT2D eigenvalue weighted by Crippen LogP contribution is 2.33. The van der Waals surface area contributed by atoms with Crippen LogP contribution in [-0.2, 0) is 6.54 Å². The quantitative estimate of drug-likeness (QED) is 0.350. The first kappa shape index (κ1) is 20.4. The van der Waals surface area contributed by atoms with E-state index in [1.165, 1.54) is 18.4 Å². The summed E-state index contributed by atoms with van der Waals surface area (Å²) in [5, 5.41) is 9.71. The Hall–Kier alpha value is -3.95. The summed E-state index contributed by atoms with van der Waals surface area (Å²) in [6.07, 6.45) is 10.1. The molecule has 6 aromatic heterocycles. The summed E-state index contributed by atoms with van der Waals surface area (Å²) in [5.41, 5.74) is 8.17. The maximum atomic E-state index is 4.98. The first-order valence-corrected chi connectivity index (χ1v) is 12.6. The molecule has 0 aromatic carbocycles. The van der Waals surface area contributed by atoms with Crippen molar-refractivity contribution in [2.75, 3.05) is 13.1 Å². The van der Waals surface area contributed by atoms with Gasteiger partial charge in [0.1, 0.15) is 11.0 Å². The van der Waals surface area contributed by atoms with Gasteiger partial charge in [0.25, 0.3) is 0 Å². The van der Waals surface area contributed by atoms with Crippen molar-refractivity contribution >= 4 is 33.4 Å². The van der Waals surface area contributed by atoms with Crippen LogP contribution < -0.4 is 0 Å². The fourth-order valence-corrected chi connectivity index (χ4v) is 5.53. The zero-order chi connectivity index (χ0) is 23.2. The molecule has 8 nitrogen and oxygen atoms in total. The van der Waals surface area contributed by atoms with E-state index in [0.29, 0.717) is 11.5 Å². The molecule has 7 rings (SSSR count). The molecule has 9 heteroatoms. The zero-order valence-corrected chi connectivity index (χ0v) is 19.7. The van der Waals surface area contributed by atoms with Gasteiger partial charge in [0.2, 0.25) is 0 Å². The minimum Gasteiger partial charge on any atom is -0.335 e.